The van der Waals surface area contributed by atoms with Crippen molar-refractivity contribution < 1.29 is 9.59 Å². The molecule has 2 saturated heterocycles. The number of likely N-dealkylation sites (tertiary alicyclic amines) is 1. The Balaban J connectivity index is 1.05. The van der Waals surface area contributed by atoms with Gasteiger partial charge in [0.2, 0.25) is 5.95 Å². The maximum absolute atomic E-state index is 13.2. The lowest BCUT2D eigenvalue weighted by molar-refractivity contribution is 0.00853. The summed E-state index contributed by atoms with van der Waals surface area (Å²) in [6.45, 7) is 5.42. The van der Waals surface area contributed by atoms with E-state index in [0.29, 0.717) is 30.1 Å². The molecule has 5 heterocycles. The number of benzene rings is 1. The lowest BCUT2D eigenvalue weighted by Crippen LogP contribution is -2.64. The van der Waals surface area contributed by atoms with E-state index in [4.69, 9.17) is 0 Å². The number of rotatable bonds is 4. The number of hydrogen-bond donors (Lipinski definition) is 0. The molecule has 2 fully saturated rings. The summed E-state index contributed by atoms with van der Waals surface area (Å²) in [6.07, 6.45) is 7.14. The number of hydrogen-bond acceptors (Lipinski definition) is 8. The van der Waals surface area contributed by atoms with Crippen LogP contribution >= 0.6 is 11.3 Å². The number of anilines is 2. The molecular weight excluding hydrogens is 462 g/mol. The molecule has 0 spiro atoms. The normalized spacial score (nSPS) is 18.8. The molecule has 3 aromatic rings. The van der Waals surface area contributed by atoms with Crippen LogP contribution in [0.5, 0.6) is 0 Å². The van der Waals surface area contributed by atoms with Crippen LogP contribution in [0.2, 0.25) is 0 Å². The number of amides is 2. The van der Waals surface area contributed by atoms with E-state index >= 15 is 0 Å². The second-order valence-electron chi connectivity index (χ2n) is 9.18. The van der Waals surface area contributed by atoms with E-state index in [0.717, 1.165) is 56.8 Å². The van der Waals surface area contributed by atoms with Crippen LogP contribution < -0.4 is 4.90 Å². The zero-order valence-electron chi connectivity index (χ0n) is 19.4. The van der Waals surface area contributed by atoms with Gasteiger partial charge in [0.25, 0.3) is 11.8 Å². The van der Waals surface area contributed by atoms with Crippen LogP contribution in [-0.2, 0) is 6.42 Å². The number of thiazole rings is 1. The number of fused-ring (bicyclic) bond motifs is 1. The zero-order chi connectivity index (χ0) is 23.8. The van der Waals surface area contributed by atoms with Crippen molar-refractivity contribution in [2.45, 2.75) is 18.9 Å². The van der Waals surface area contributed by atoms with Crippen LogP contribution in [-0.4, -0.2) is 93.3 Å². The van der Waals surface area contributed by atoms with Gasteiger partial charge in [-0.25, -0.2) is 15.0 Å². The fourth-order valence-electron chi connectivity index (χ4n) is 5.16. The third kappa shape index (κ3) is 4.28. The molecule has 2 amide bonds. The average Bonchev–Trinajstić information content (AvgIpc) is 3.43. The molecule has 180 valence electrons. The van der Waals surface area contributed by atoms with E-state index in [-0.39, 0.29) is 11.8 Å². The first-order valence-electron chi connectivity index (χ1n) is 12.1. The van der Waals surface area contributed by atoms with Crippen LogP contribution in [0.4, 0.5) is 11.6 Å². The summed E-state index contributed by atoms with van der Waals surface area (Å²) in [5, 5.41) is 2.39. The van der Waals surface area contributed by atoms with Gasteiger partial charge in [0, 0.05) is 87.1 Å². The maximum Gasteiger partial charge on any atom is 0.282 e. The van der Waals surface area contributed by atoms with Crippen molar-refractivity contribution in [3.8, 4) is 0 Å². The topological polar surface area (TPSA) is 85.8 Å². The van der Waals surface area contributed by atoms with Gasteiger partial charge < -0.3 is 14.7 Å². The van der Waals surface area contributed by atoms with Gasteiger partial charge in [-0.05, 0) is 42.7 Å². The van der Waals surface area contributed by atoms with E-state index < -0.39 is 0 Å². The van der Waals surface area contributed by atoms with Crippen LogP contribution in [0.25, 0.3) is 0 Å². The molecule has 0 aliphatic carbocycles. The number of aromatic nitrogens is 3. The van der Waals surface area contributed by atoms with Gasteiger partial charge in [-0.3, -0.25) is 14.5 Å². The van der Waals surface area contributed by atoms with Crippen LogP contribution in [0, 0.1) is 0 Å². The molecule has 1 aromatic carbocycles. The molecule has 2 aromatic heterocycles. The summed E-state index contributed by atoms with van der Waals surface area (Å²) in [4.78, 5) is 47.0. The number of aryl methyl sites for hydroxylation is 1. The number of nitrogens with zero attached hydrogens (tertiary/aromatic N) is 7. The van der Waals surface area contributed by atoms with Crippen molar-refractivity contribution in [3.63, 3.8) is 0 Å². The van der Waals surface area contributed by atoms with Gasteiger partial charge in [0.15, 0.2) is 5.01 Å². The Bertz CT molecular complexity index is 1210. The fraction of sp³-hybridized carbons (Fsp3) is 0.400. The first-order chi connectivity index (χ1) is 17.2. The first-order valence-corrected chi connectivity index (χ1v) is 12.9. The molecule has 9 nitrogen and oxygen atoms in total. The Morgan fingerprint density at radius 1 is 0.886 bits per heavy atom. The summed E-state index contributed by atoms with van der Waals surface area (Å²) in [5.74, 6) is 0.816. The van der Waals surface area contributed by atoms with Crippen molar-refractivity contribution in [1.82, 2.24) is 29.7 Å². The van der Waals surface area contributed by atoms with E-state index in [1.807, 2.05) is 39.4 Å². The number of carbonyl (C=O) groups excluding carboxylic acids is 2. The largest absolute Gasteiger partial charge is 0.335 e. The Labute approximate surface area is 208 Å². The number of piperazine rings is 1. The van der Waals surface area contributed by atoms with Crippen LogP contribution in [0.15, 0.2) is 48.2 Å². The Morgan fingerprint density at radius 2 is 1.69 bits per heavy atom. The van der Waals surface area contributed by atoms with Crippen LogP contribution in [0.1, 0.15) is 32.1 Å². The quantitative estimate of drug-likeness (QED) is 0.556. The SMILES string of the molecule is O=C(c1ccc2c(c1)CCCN2c1ncccn1)N1CC(N2CCN(C(=O)c3nccs3)CC2)C1. The molecule has 0 unspecified atom stereocenters. The molecule has 0 bridgehead atoms. The lowest BCUT2D eigenvalue weighted by Gasteiger charge is -2.48. The lowest BCUT2D eigenvalue weighted by atomic mass is 9.97. The third-order valence-corrected chi connectivity index (χ3v) is 7.88. The van der Waals surface area contributed by atoms with E-state index in [1.165, 1.54) is 16.9 Å². The molecule has 0 saturated carbocycles. The highest BCUT2D eigenvalue weighted by Gasteiger charge is 2.37. The highest BCUT2D eigenvalue weighted by atomic mass is 32.1. The Morgan fingerprint density at radius 3 is 2.43 bits per heavy atom. The monoisotopic (exact) mass is 489 g/mol. The fourth-order valence-corrected chi connectivity index (χ4v) is 5.76. The minimum absolute atomic E-state index is 0.0230. The van der Waals surface area contributed by atoms with Gasteiger partial charge >= 0.3 is 0 Å². The van der Waals surface area contributed by atoms with E-state index in [9.17, 15) is 9.59 Å². The van der Waals surface area contributed by atoms with Crippen molar-refractivity contribution in [3.05, 3.63) is 64.4 Å². The van der Waals surface area contributed by atoms with E-state index in [2.05, 4.69) is 24.8 Å². The van der Waals surface area contributed by atoms with Crippen molar-refractivity contribution in [2.75, 3.05) is 50.7 Å². The zero-order valence-corrected chi connectivity index (χ0v) is 20.2. The van der Waals surface area contributed by atoms with E-state index in [1.54, 1.807) is 18.6 Å². The minimum Gasteiger partial charge on any atom is -0.335 e. The molecule has 3 aliphatic rings. The van der Waals surface area contributed by atoms with Gasteiger partial charge in [0.1, 0.15) is 0 Å². The molecule has 6 rings (SSSR count). The highest BCUT2D eigenvalue weighted by molar-refractivity contribution is 7.11. The predicted octanol–water partition coefficient (Wildman–Crippen LogP) is 2.30. The Hall–Kier alpha value is -3.37. The first kappa shape index (κ1) is 22.1. The number of carbonyl (C=O) groups is 2. The van der Waals surface area contributed by atoms with Crippen molar-refractivity contribution >= 4 is 34.8 Å². The second-order valence-corrected chi connectivity index (χ2v) is 10.1. The molecule has 35 heavy (non-hydrogen) atoms. The standard InChI is InChI=1S/C25H27N7O2S/c33-23(19-4-5-21-18(15-19)3-1-9-32(21)25-27-6-2-7-28-25)31-16-20(17-31)29-10-12-30(13-11-29)24(34)22-26-8-14-35-22/h2,4-8,14-15,20H,1,3,9-13,16-17H2. The van der Waals surface area contributed by atoms with Gasteiger partial charge in [0.05, 0.1) is 0 Å². The summed E-state index contributed by atoms with van der Waals surface area (Å²) >= 11 is 1.39. The molecule has 0 N–H and O–H groups in total. The second kappa shape index (κ2) is 9.35. The Kier molecular flexibility index (Phi) is 5.91. The third-order valence-electron chi connectivity index (χ3n) is 7.12. The van der Waals surface area contributed by atoms with Gasteiger partial charge in [-0.2, -0.15) is 0 Å². The molecular formula is C25H27N7O2S. The molecule has 0 radical (unpaired) electrons. The summed E-state index contributed by atoms with van der Waals surface area (Å²) in [7, 11) is 0. The summed E-state index contributed by atoms with van der Waals surface area (Å²) in [6, 6.07) is 8.19. The van der Waals surface area contributed by atoms with Gasteiger partial charge in [-0.15, -0.1) is 11.3 Å². The van der Waals surface area contributed by atoms with Crippen molar-refractivity contribution in [1.29, 1.82) is 0 Å². The van der Waals surface area contributed by atoms with Gasteiger partial charge in [-0.1, -0.05) is 0 Å². The average molecular weight is 490 g/mol. The molecule has 3 aliphatic heterocycles. The summed E-state index contributed by atoms with van der Waals surface area (Å²) < 4.78 is 0. The smallest absolute Gasteiger partial charge is 0.282 e. The van der Waals surface area contributed by atoms with Crippen LogP contribution in [0.3, 0.4) is 0 Å². The summed E-state index contributed by atoms with van der Waals surface area (Å²) in [5.41, 5.74) is 3.01. The molecule has 10 heteroatoms. The molecule has 0 atom stereocenters. The van der Waals surface area contributed by atoms with Crippen molar-refractivity contribution in [2.24, 2.45) is 0 Å². The predicted molar refractivity (Wildman–Crippen MR) is 133 cm³/mol. The maximum atomic E-state index is 13.2. The highest BCUT2D eigenvalue weighted by Crippen LogP contribution is 2.32. The minimum atomic E-state index is 0.0230.